The number of rotatable bonds is 8. The Morgan fingerprint density at radius 1 is 1.31 bits per heavy atom. The van der Waals surface area contributed by atoms with Gasteiger partial charge in [0, 0.05) is 38.5 Å². The predicted molar refractivity (Wildman–Crippen MR) is 143 cm³/mol. The van der Waals surface area contributed by atoms with Gasteiger partial charge in [0.05, 0.1) is 6.04 Å². The molecule has 1 unspecified atom stereocenters. The van der Waals surface area contributed by atoms with Gasteiger partial charge in [-0.3, -0.25) is 4.99 Å². The van der Waals surface area contributed by atoms with Gasteiger partial charge in [-0.15, -0.1) is 34.2 Å². The number of halogens is 1. The van der Waals surface area contributed by atoms with E-state index in [2.05, 4.69) is 76.5 Å². The third-order valence-electron chi connectivity index (χ3n) is 5.30. The second kappa shape index (κ2) is 12.1. The molecule has 0 aliphatic carbocycles. The largest absolute Gasteiger partial charge is 0.487 e. The second-order valence-corrected chi connectivity index (χ2v) is 9.78. The quantitative estimate of drug-likeness (QED) is 0.157. The average Bonchev–Trinajstić information content (AvgIpc) is 3.10. The van der Waals surface area contributed by atoms with Gasteiger partial charge in [-0.1, -0.05) is 43.8 Å². The number of aliphatic imine (C=N–C) groups is 1. The van der Waals surface area contributed by atoms with E-state index in [0.29, 0.717) is 5.92 Å². The van der Waals surface area contributed by atoms with Crippen LogP contribution >= 0.6 is 35.7 Å². The molecule has 1 aromatic heterocycles. The van der Waals surface area contributed by atoms with E-state index in [9.17, 15) is 0 Å². The lowest BCUT2D eigenvalue weighted by Gasteiger charge is -2.38. The molecule has 1 atom stereocenters. The fraction of sp³-hybridized carbons (Fsp3) is 0.609. The fourth-order valence-electron chi connectivity index (χ4n) is 3.95. The molecule has 2 heterocycles. The first-order valence-electron chi connectivity index (χ1n) is 11.0. The molecule has 1 aromatic carbocycles. The number of thioether (sulfide) groups is 1. The van der Waals surface area contributed by atoms with Crippen LogP contribution in [-0.2, 0) is 13.0 Å². The van der Waals surface area contributed by atoms with Gasteiger partial charge in [-0.05, 0) is 38.5 Å². The van der Waals surface area contributed by atoms with Crippen LogP contribution in [0.4, 0.5) is 0 Å². The highest BCUT2D eigenvalue weighted by molar-refractivity contribution is 14.0. The maximum Gasteiger partial charge on any atom is 0.191 e. The van der Waals surface area contributed by atoms with Crippen molar-refractivity contribution in [1.29, 1.82) is 0 Å². The van der Waals surface area contributed by atoms with Gasteiger partial charge in [-0.2, -0.15) is 0 Å². The molecular formula is C23H37IN6OS. The summed E-state index contributed by atoms with van der Waals surface area (Å²) in [5.74, 6) is 3.38. The summed E-state index contributed by atoms with van der Waals surface area (Å²) in [6.45, 7) is 10.5. The molecule has 0 amide bonds. The maximum absolute atomic E-state index is 6.14. The maximum atomic E-state index is 6.14. The van der Waals surface area contributed by atoms with Gasteiger partial charge >= 0.3 is 0 Å². The molecule has 0 saturated heterocycles. The Morgan fingerprint density at radius 3 is 2.75 bits per heavy atom. The van der Waals surface area contributed by atoms with Crippen molar-refractivity contribution in [2.75, 3.05) is 19.8 Å². The Bertz CT molecular complexity index is 898. The monoisotopic (exact) mass is 572 g/mol. The topological polar surface area (TPSA) is 76.4 Å². The zero-order chi connectivity index (χ0) is 22.4. The van der Waals surface area contributed by atoms with Gasteiger partial charge in [-0.25, -0.2) is 0 Å². The highest BCUT2D eigenvalue weighted by Crippen LogP contribution is 2.39. The molecule has 3 rings (SSSR count). The Hall–Kier alpha value is -1.49. The van der Waals surface area contributed by atoms with Crippen LogP contribution in [0.25, 0.3) is 0 Å². The number of guanidine groups is 1. The summed E-state index contributed by atoms with van der Waals surface area (Å²) in [5, 5.41) is 16.8. The molecule has 9 heteroatoms. The number of fused-ring (bicyclic) bond motifs is 1. The highest BCUT2D eigenvalue weighted by Gasteiger charge is 2.33. The van der Waals surface area contributed by atoms with Crippen LogP contribution in [0, 0.1) is 5.92 Å². The Kier molecular flexibility index (Phi) is 10.1. The van der Waals surface area contributed by atoms with Gasteiger partial charge in [0.25, 0.3) is 0 Å². The van der Waals surface area contributed by atoms with Crippen LogP contribution in [0.15, 0.2) is 34.4 Å². The lowest BCUT2D eigenvalue weighted by Crippen LogP contribution is -2.45. The number of nitrogens with one attached hydrogen (secondary N) is 2. The summed E-state index contributed by atoms with van der Waals surface area (Å²) in [7, 11) is 1.82. The van der Waals surface area contributed by atoms with Crippen molar-refractivity contribution in [1.82, 2.24) is 25.4 Å². The molecule has 2 aromatic rings. The van der Waals surface area contributed by atoms with Crippen molar-refractivity contribution >= 4 is 41.7 Å². The van der Waals surface area contributed by atoms with E-state index in [1.165, 1.54) is 5.56 Å². The van der Waals surface area contributed by atoms with Crippen LogP contribution in [0.5, 0.6) is 5.75 Å². The van der Waals surface area contributed by atoms with Crippen molar-refractivity contribution < 1.29 is 4.74 Å². The van der Waals surface area contributed by atoms with Crippen LogP contribution in [0.3, 0.4) is 0 Å². The Morgan fingerprint density at radius 2 is 2.06 bits per heavy atom. The molecule has 7 nitrogen and oxygen atoms in total. The Balaban J connectivity index is 0.00000363. The molecule has 2 N–H and O–H groups in total. The first kappa shape index (κ1) is 26.8. The van der Waals surface area contributed by atoms with Crippen LogP contribution in [0.1, 0.15) is 58.0 Å². The lowest BCUT2D eigenvalue weighted by atomic mass is 9.90. The first-order chi connectivity index (χ1) is 14.8. The number of hydrogen-bond donors (Lipinski definition) is 2. The number of benzene rings is 1. The molecule has 0 spiro atoms. The number of hydrogen-bond acceptors (Lipinski definition) is 5. The molecule has 178 valence electrons. The minimum atomic E-state index is -0.222. The minimum Gasteiger partial charge on any atom is -0.487 e. The van der Waals surface area contributed by atoms with E-state index < -0.39 is 0 Å². The molecule has 32 heavy (non-hydrogen) atoms. The first-order valence-corrected chi connectivity index (χ1v) is 12.3. The van der Waals surface area contributed by atoms with Crippen molar-refractivity contribution in [2.45, 2.75) is 70.3 Å². The predicted octanol–water partition coefficient (Wildman–Crippen LogP) is 4.67. The molecule has 1 aliphatic rings. The molecule has 0 fully saturated rings. The number of nitrogens with zero attached hydrogens (tertiary/aromatic N) is 4. The molecule has 0 radical (unpaired) electrons. The van der Waals surface area contributed by atoms with E-state index in [1.54, 1.807) is 11.8 Å². The number of para-hydroxylation sites is 1. The molecule has 1 aliphatic heterocycles. The van der Waals surface area contributed by atoms with Gasteiger partial charge in [0.15, 0.2) is 11.1 Å². The van der Waals surface area contributed by atoms with Crippen LogP contribution < -0.4 is 15.4 Å². The summed E-state index contributed by atoms with van der Waals surface area (Å²) in [4.78, 5) is 4.44. The Labute approximate surface area is 213 Å². The lowest BCUT2D eigenvalue weighted by molar-refractivity contribution is 0.0694. The molecular weight excluding hydrogens is 535 g/mol. The van der Waals surface area contributed by atoms with Crippen molar-refractivity contribution in [3.05, 3.63) is 35.7 Å². The van der Waals surface area contributed by atoms with E-state index in [0.717, 1.165) is 55.0 Å². The van der Waals surface area contributed by atoms with Crippen molar-refractivity contribution in [3.63, 3.8) is 0 Å². The average molecular weight is 573 g/mol. The van der Waals surface area contributed by atoms with Crippen LogP contribution in [0.2, 0.25) is 0 Å². The minimum absolute atomic E-state index is 0. The number of aryl methyl sites for hydroxylation is 1. The van der Waals surface area contributed by atoms with Crippen LogP contribution in [-0.4, -0.2) is 46.2 Å². The van der Waals surface area contributed by atoms with Crippen molar-refractivity contribution in [3.8, 4) is 5.75 Å². The smallest absolute Gasteiger partial charge is 0.191 e. The summed E-state index contributed by atoms with van der Waals surface area (Å²) >= 11 is 1.65. The molecule has 0 bridgehead atoms. The fourth-order valence-corrected chi connectivity index (χ4v) is 4.47. The normalized spacial score (nSPS) is 17.3. The van der Waals surface area contributed by atoms with E-state index in [1.807, 2.05) is 19.2 Å². The van der Waals surface area contributed by atoms with E-state index in [-0.39, 0.29) is 35.6 Å². The second-order valence-electron chi connectivity index (χ2n) is 9.01. The molecule has 0 saturated carbocycles. The zero-order valence-corrected chi connectivity index (χ0v) is 23.2. The third-order valence-corrected chi connectivity index (χ3v) is 5.97. The SMILES string of the molecule is CN=C(NCCCc1nnc(SC)n1CC(C)C)NC1CC(C)(C)Oc2ccccc21.I. The third kappa shape index (κ3) is 7.00. The summed E-state index contributed by atoms with van der Waals surface area (Å²) < 4.78 is 8.40. The van der Waals surface area contributed by atoms with Gasteiger partial charge in [0.2, 0.25) is 0 Å². The standard InChI is InChI=1S/C23H36N6OS.HI/c1-16(2)15-29-20(27-28-22(29)31-6)12-9-13-25-21(24-5)26-18-14-23(3,4)30-19-11-8-7-10-17(18)19;/h7-8,10-11,16,18H,9,12-15H2,1-6H3,(H2,24,25,26);1H. The highest BCUT2D eigenvalue weighted by atomic mass is 127. The number of aromatic nitrogens is 3. The van der Waals surface area contributed by atoms with Gasteiger partial charge in [0.1, 0.15) is 17.2 Å². The number of ether oxygens (including phenoxy) is 1. The summed E-state index contributed by atoms with van der Waals surface area (Å²) in [5.41, 5.74) is 0.955. The van der Waals surface area contributed by atoms with Gasteiger partial charge < -0.3 is 19.9 Å². The van der Waals surface area contributed by atoms with Crippen molar-refractivity contribution in [2.24, 2.45) is 10.9 Å². The van der Waals surface area contributed by atoms with E-state index in [4.69, 9.17) is 4.74 Å². The zero-order valence-electron chi connectivity index (χ0n) is 20.0. The summed E-state index contributed by atoms with van der Waals surface area (Å²) in [6.07, 6.45) is 4.77. The summed E-state index contributed by atoms with van der Waals surface area (Å²) in [6, 6.07) is 8.40. The van der Waals surface area contributed by atoms with E-state index >= 15 is 0 Å².